The highest BCUT2D eigenvalue weighted by Crippen LogP contribution is 2.33. The largest absolute Gasteiger partial charge is 0.365 e. The molecule has 0 N–H and O–H groups in total. The van der Waals surface area contributed by atoms with Gasteiger partial charge in [-0.3, -0.25) is 4.98 Å². The molecule has 2 heteroatoms. The van der Waals surface area contributed by atoms with Crippen LogP contribution in [0.15, 0.2) is 55.4 Å². The molecule has 0 radical (unpaired) electrons. The van der Waals surface area contributed by atoms with Crippen molar-refractivity contribution in [1.82, 2.24) is 9.88 Å². The van der Waals surface area contributed by atoms with Gasteiger partial charge in [0.25, 0.3) is 0 Å². The van der Waals surface area contributed by atoms with Gasteiger partial charge in [-0.15, -0.1) is 0 Å². The first-order chi connectivity index (χ1) is 10.8. The van der Waals surface area contributed by atoms with E-state index in [1.807, 2.05) is 18.5 Å². The third-order valence-electron chi connectivity index (χ3n) is 4.60. The fourth-order valence-electron chi connectivity index (χ4n) is 3.30. The summed E-state index contributed by atoms with van der Waals surface area (Å²) < 4.78 is 0. The molecule has 0 aliphatic heterocycles. The van der Waals surface area contributed by atoms with Crippen LogP contribution in [0, 0.1) is 0 Å². The monoisotopic (exact) mass is 292 g/mol. The number of pyridine rings is 1. The van der Waals surface area contributed by atoms with Crippen LogP contribution in [0.2, 0.25) is 0 Å². The van der Waals surface area contributed by atoms with Gasteiger partial charge in [0.2, 0.25) is 0 Å². The van der Waals surface area contributed by atoms with Crippen LogP contribution in [0.1, 0.15) is 48.2 Å². The fourth-order valence-corrected chi connectivity index (χ4v) is 3.30. The van der Waals surface area contributed by atoms with Gasteiger partial charge in [-0.2, -0.15) is 0 Å². The Morgan fingerprint density at radius 2 is 2.00 bits per heavy atom. The first-order valence-corrected chi connectivity index (χ1v) is 8.21. The minimum absolute atomic E-state index is 0.355. The van der Waals surface area contributed by atoms with Crippen molar-refractivity contribution in [3.05, 3.63) is 77.8 Å². The Bertz CT molecular complexity index is 630. The van der Waals surface area contributed by atoms with Crippen LogP contribution in [-0.2, 0) is 19.4 Å². The molecule has 0 saturated carbocycles. The standard InChI is InChI=1S/C20H24N2/c1-3-16-10-12-17(13-11-16)15-22(4-2)19-9-5-7-18-8-6-14-21-20(18)19/h4,6,8,10-14,19H,2-3,5,7,9,15H2,1H3. The van der Waals surface area contributed by atoms with E-state index in [0.717, 1.165) is 25.8 Å². The molecule has 1 aromatic carbocycles. The predicted molar refractivity (Wildman–Crippen MR) is 91.5 cm³/mol. The summed E-state index contributed by atoms with van der Waals surface area (Å²) in [6, 6.07) is 13.5. The zero-order valence-electron chi connectivity index (χ0n) is 13.3. The number of rotatable bonds is 5. The van der Waals surface area contributed by atoms with Crippen molar-refractivity contribution >= 4 is 0 Å². The summed E-state index contributed by atoms with van der Waals surface area (Å²) in [5.41, 5.74) is 5.35. The highest BCUT2D eigenvalue weighted by Gasteiger charge is 2.25. The Kier molecular flexibility index (Phi) is 4.57. The lowest BCUT2D eigenvalue weighted by Crippen LogP contribution is -2.27. The smallest absolute Gasteiger partial charge is 0.0714 e. The van der Waals surface area contributed by atoms with Crippen LogP contribution in [0.3, 0.4) is 0 Å². The maximum atomic E-state index is 4.65. The van der Waals surface area contributed by atoms with Crippen molar-refractivity contribution in [2.45, 2.75) is 45.2 Å². The molecule has 3 rings (SSSR count). The third kappa shape index (κ3) is 3.06. The molecule has 22 heavy (non-hydrogen) atoms. The summed E-state index contributed by atoms with van der Waals surface area (Å²) in [6.07, 6.45) is 8.50. The molecule has 0 bridgehead atoms. The molecule has 1 aliphatic carbocycles. The van der Waals surface area contributed by atoms with E-state index in [1.165, 1.54) is 28.8 Å². The number of hydrogen-bond donors (Lipinski definition) is 0. The lowest BCUT2D eigenvalue weighted by Gasteiger charge is -2.34. The minimum Gasteiger partial charge on any atom is -0.365 e. The Morgan fingerprint density at radius 1 is 1.23 bits per heavy atom. The normalized spacial score (nSPS) is 16.9. The number of aryl methyl sites for hydroxylation is 2. The summed E-state index contributed by atoms with van der Waals surface area (Å²) >= 11 is 0. The number of nitrogens with zero attached hydrogens (tertiary/aromatic N) is 2. The molecule has 1 aliphatic rings. The van der Waals surface area contributed by atoms with Gasteiger partial charge in [-0.25, -0.2) is 0 Å². The molecule has 2 aromatic rings. The summed E-state index contributed by atoms with van der Waals surface area (Å²) in [5, 5.41) is 0. The molecule has 0 spiro atoms. The molecule has 1 heterocycles. The second-order valence-electron chi connectivity index (χ2n) is 5.98. The van der Waals surface area contributed by atoms with Gasteiger partial charge in [0.15, 0.2) is 0 Å². The van der Waals surface area contributed by atoms with E-state index < -0.39 is 0 Å². The third-order valence-corrected chi connectivity index (χ3v) is 4.60. The van der Waals surface area contributed by atoms with E-state index >= 15 is 0 Å². The van der Waals surface area contributed by atoms with Gasteiger partial charge in [-0.05, 0) is 54.6 Å². The Hall–Kier alpha value is -2.09. The van der Waals surface area contributed by atoms with Gasteiger partial charge >= 0.3 is 0 Å². The van der Waals surface area contributed by atoms with Crippen molar-refractivity contribution < 1.29 is 0 Å². The molecule has 1 atom stereocenters. The summed E-state index contributed by atoms with van der Waals surface area (Å²) in [6.45, 7) is 7.12. The van der Waals surface area contributed by atoms with Gasteiger partial charge in [0.1, 0.15) is 0 Å². The van der Waals surface area contributed by atoms with Crippen molar-refractivity contribution in [2.75, 3.05) is 0 Å². The number of benzene rings is 1. The quantitative estimate of drug-likeness (QED) is 0.796. The van der Waals surface area contributed by atoms with Gasteiger partial charge < -0.3 is 4.90 Å². The Morgan fingerprint density at radius 3 is 2.73 bits per heavy atom. The lowest BCUT2D eigenvalue weighted by molar-refractivity contribution is 0.240. The van der Waals surface area contributed by atoms with Crippen molar-refractivity contribution in [1.29, 1.82) is 0 Å². The number of hydrogen-bond acceptors (Lipinski definition) is 2. The molecule has 1 unspecified atom stereocenters. The first kappa shape index (κ1) is 14.8. The average molecular weight is 292 g/mol. The number of fused-ring (bicyclic) bond motifs is 1. The zero-order chi connectivity index (χ0) is 15.4. The lowest BCUT2D eigenvalue weighted by atomic mass is 9.90. The van der Waals surface area contributed by atoms with Crippen LogP contribution in [0.5, 0.6) is 0 Å². The van der Waals surface area contributed by atoms with Crippen molar-refractivity contribution in [3.63, 3.8) is 0 Å². The zero-order valence-corrected chi connectivity index (χ0v) is 13.3. The van der Waals surface area contributed by atoms with Crippen LogP contribution in [0.25, 0.3) is 0 Å². The average Bonchev–Trinajstić information content (AvgIpc) is 2.60. The fraction of sp³-hybridized carbons (Fsp3) is 0.350. The highest BCUT2D eigenvalue weighted by atomic mass is 15.1. The summed E-state index contributed by atoms with van der Waals surface area (Å²) in [4.78, 5) is 6.99. The maximum absolute atomic E-state index is 4.65. The second kappa shape index (κ2) is 6.78. The van der Waals surface area contributed by atoms with E-state index in [1.54, 1.807) is 0 Å². The van der Waals surface area contributed by atoms with Crippen molar-refractivity contribution in [3.8, 4) is 0 Å². The Labute approximate surface area is 133 Å². The SMILES string of the molecule is C=CN(Cc1ccc(CC)cc1)C1CCCc2cccnc21. The van der Waals surface area contributed by atoms with Crippen LogP contribution in [-0.4, -0.2) is 9.88 Å². The topological polar surface area (TPSA) is 16.1 Å². The van der Waals surface area contributed by atoms with E-state index in [4.69, 9.17) is 0 Å². The number of aromatic nitrogens is 1. The van der Waals surface area contributed by atoms with Gasteiger partial charge in [0, 0.05) is 12.7 Å². The second-order valence-corrected chi connectivity index (χ2v) is 5.98. The molecule has 2 nitrogen and oxygen atoms in total. The molecule has 1 aromatic heterocycles. The minimum atomic E-state index is 0.355. The summed E-state index contributed by atoms with van der Waals surface area (Å²) in [7, 11) is 0. The molecular weight excluding hydrogens is 268 g/mol. The molecule has 114 valence electrons. The van der Waals surface area contributed by atoms with Crippen LogP contribution < -0.4 is 0 Å². The molecule has 0 amide bonds. The van der Waals surface area contributed by atoms with Gasteiger partial charge in [-0.1, -0.05) is 43.8 Å². The van der Waals surface area contributed by atoms with E-state index in [2.05, 4.69) is 53.7 Å². The van der Waals surface area contributed by atoms with Crippen LogP contribution in [0.4, 0.5) is 0 Å². The summed E-state index contributed by atoms with van der Waals surface area (Å²) in [5.74, 6) is 0. The first-order valence-electron chi connectivity index (χ1n) is 8.21. The van der Waals surface area contributed by atoms with E-state index in [-0.39, 0.29) is 0 Å². The van der Waals surface area contributed by atoms with Gasteiger partial charge in [0.05, 0.1) is 11.7 Å². The molecule has 0 fully saturated rings. The van der Waals surface area contributed by atoms with E-state index in [9.17, 15) is 0 Å². The Balaban J connectivity index is 1.81. The van der Waals surface area contributed by atoms with E-state index in [0.29, 0.717) is 6.04 Å². The van der Waals surface area contributed by atoms with Crippen molar-refractivity contribution in [2.24, 2.45) is 0 Å². The predicted octanol–water partition coefficient (Wildman–Crippen LogP) is 4.67. The highest BCUT2D eigenvalue weighted by molar-refractivity contribution is 5.27. The van der Waals surface area contributed by atoms with Crippen LogP contribution >= 0.6 is 0 Å². The molecule has 0 saturated heterocycles. The molecular formula is C20H24N2. The maximum Gasteiger partial charge on any atom is 0.0714 e.